The number of alkyl halides is 1. The number of fused-ring (bicyclic) bond motifs is 1. The van der Waals surface area contributed by atoms with E-state index in [0.717, 1.165) is 28.4 Å². The van der Waals surface area contributed by atoms with Crippen molar-refractivity contribution in [2.24, 2.45) is 7.05 Å². The summed E-state index contributed by atoms with van der Waals surface area (Å²) in [5.74, 6) is 2.13. The predicted molar refractivity (Wildman–Crippen MR) is 74.1 cm³/mol. The number of hydrogen-bond acceptors (Lipinski definition) is 3. The fourth-order valence-corrected chi connectivity index (χ4v) is 2.32. The van der Waals surface area contributed by atoms with E-state index >= 15 is 0 Å². The van der Waals surface area contributed by atoms with Gasteiger partial charge in [0, 0.05) is 25.6 Å². The highest BCUT2D eigenvalue weighted by atomic mass is 35.5. The maximum absolute atomic E-state index is 5.98. The Hall–Kier alpha value is -1.88. The monoisotopic (exact) mass is 275 g/mol. The molecule has 0 saturated carbocycles. The number of imidazole rings is 2. The third kappa shape index (κ3) is 2.10. The van der Waals surface area contributed by atoms with Crippen molar-refractivity contribution in [3.8, 4) is 0 Å². The summed E-state index contributed by atoms with van der Waals surface area (Å²) < 4.78 is 4.00. The van der Waals surface area contributed by atoms with Gasteiger partial charge in [-0.05, 0) is 18.6 Å². The van der Waals surface area contributed by atoms with Crippen molar-refractivity contribution in [3.63, 3.8) is 0 Å². The molecule has 0 aliphatic carbocycles. The van der Waals surface area contributed by atoms with Crippen LogP contribution in [0.2, 0.25) is 0 Å². The zero-order valence-electron chi connectivity index (χ0n) is 10.8. The Bertz CT molecular complexity index is 728. The van der Waals surface area contributed by atoms with E-state index < -0.39 is 0 Å². The van der Waals surface area contributed by atoms with Gasteiger partial charge >= 0.3 is 0 Å². The Kier molecular flexibility index (Phi) is 2.98. The van der Waals surface area contributed by atoms with Crippen LogP contribution in [-0.4, -0.2) is 24.1 Å². The molecule has 0 saturated heterocycles. The van der Waals surface area contributed by atoms with E-state index in [4.69, 9.17) is 11.6 Å². The maximum Gasteiger partial charge on any atom is 0.160 e. The number of halogens is 1. The second kappa shape index (κ2) is 4.66. The van der Waals surface area contributed by atoms with Gasteiger partial charge in [0.15, 0.2) is 5.65 Å². The first-order valence-corrected chi connectivity index (χ1v) is 6.56. The van der Waals surface area contributed by atoms with Crippen molar-refractivity contribution in [2.45, 2.75) is 19.3 Å². The average molecular weight is 276 g/mol. The minimum absolute atomic E-state index is 0.361. The molecular weight excluding hydrogens is 262 g/mol. The molecule has 98 valence electrons. The first-order valence-electron chi connectivity index (χ1n) is 6.03. The smallest absolute Gasteiger partial charge is 0.160 e. The van der Waals surface area contributed by atoms with Crippen molar-refractivity contribution >= 4 is 22.8 Å². The Morgan fingerprint density at radius 2 is 2.11 bits per heavy atom. The van der Waals surface area contributed by atoms with E-state index in [1.54, 1.807) is 6.20 Å². The van der Waals surface area contributed by atoms with Gasteiger partial charge in [-0.15, -0.1) is 11.6 Å². The molecule has 3 heterocycles. The summed E-state index contributed by atoms with van der Waals surface area (Å²) in [6.45, 7) is 2.63. The van der Waals surface area contributed by atoms with E-state index in [-0.39, 0.29) is 0 Å². The van der Waals surface area contributed by atoms with E-state index in [1.165, 1.54) is 0 Å². The molecule has 0 atom stereocenters. The minimum Gasteiger partial charge on any atom is -0.337 e. The van der Waals surface area contributed by atoms with Gasteiger partial charge in [-0.1, -0.05) is 0 Å². The van der Waals surface area contributed by atoms with E-state index in [0.29, 0.717) is 12.4 Å². The molecule has 3 aromatic heterocycles. The van der Waals surface area contributed by atoms with E-state index in [9.17, 15) is 0 Å². The zero-order valence-corrected chi connectivity index (χ0v) is 11.6. The van der Waals surface area contributed by atoms with Gasteiger partial charge in [-0.3, -0.25) is 0 Å². The molecule has 0 unspecified atom stereocenters. The fraction of sp³-hybridized carbons (Fsp3) is 0.308. The predicted octanol–water partition coefficient (Wildman–Crippen LogP) is 2.26. The minimum atomic E-state index is 0.361. The SMILES string of the molecule is Cc1cnc2c(c1)nc(CCl)n2Cc1nccn1C. The van der Waals surface area contributed by atoms with Crippen LogP contribution in [0.25, 0.3) is 11.2 Å². The van der Waals surface area contributed by atoms with E-state index in [1.807, 2.05) is 41.6 Å². The van der Waals surface area contributed by atoms with Crippen LogP contribution in [0.5, 0.6) is 0 Å². The van der Waals surface area contributed by atoms with Crippen LogP contribution in [0.3, 0.4) is 0 Å². The third-order valence-electron chi connectivity index (χ3n) is 3.14. The highest BCUT2D eigenvalue weighted by Crippen LogP contribution is 2.18. The Balaban J connectivity index is 2.13. The van der Waals surface area contributed by atoms with Crippen molar-refractivity contribution < 1.29 is 0 Å². The molecule has 6 heteroatoms. The van der Waals surface area contributed by atoms with Gasteiger partial charge in [-0.25, -0.2) is 15.0 Å². The van der Waals surface area contributed by atoms with Gasteiger partial charge in [0.2, 0.25) is 0 Å². The van der Waals surface area contributed by atoms with Crippen LogP contribution in [0.4, 0.5) is 0 Å². The van der Waals surface area contributed by atoms with Gasteiger partial charge in [0.1, 0.15) is 17.2 Å². The summed E-state index contributed by atoms with van der Waals surface area (Å²) in [7, 11) is 1.97. The Morgan fingerprint density at radius 3 is 2.79 bits per heavy atom. The van der Waals surface area contributed by atoms with Crippen molar-refractivity contribution in [3.05, 3.63) is 41.9 Å². The molecule has 0 N–H and O–H groups in total. The number of pyridine rings is 1. The molecule has 0 bridgehead atoms. The van der Waals surface area contributed by atoms with Gasteiger partial charge in [0.25, 0.3) is 0 Å². The summed E-state index contributed by atoms with van der Waals surface area (Å²) in [6, 6.07) is 2.02. The van der Waals surface area contributed by atoms with Gasteiger partial charge in [0.05, 0.1) is 12.4 Å². The summed E-state index contributed by atoms with van der Waals surface area (Å²) in [6.07, 6.45) is 5.55. The fourth-order valence-electron chi connectivity index (χ4n) is 2.12. The van der Waals surface area contributed by atoms with Crippen molar-refractivity contribution in [2.75, 3.05) is 0 Å². The molecule has 0 aromatic carbocycles. The third-order valence-corrected chi connectivity index (χ3v) is 3.38. The largest absolute Gasteiger partial charge is 0.337 e. The van der Waals surface area contributed by atoms with Crippen LogP contribution < -0.4 is 0 Å². The molecular formula is C13H14ClN5. The van der Waals surface area contributed by atoms with Crippen LogP contribution in [0.1, 0.15) is 17.2 Å². The lowest BCUT2D eigenvalue weighted by Gasteiger charge is -2.07. The molecule has 0 radical (unpaired) electrons. The molecule has 0 aliphatic heterocycles. The van der Waals surface area contributed by atoms with Crippen LogP contribution in [0.15, 0.2) is 24.7 Å². The summed E-state index contributed by atoms with van der Waals surface area (Å²) in [5, 5.41) is 0. The summed E-state index contributed by atoms with van der Waals surface area (Å²) in [5.41, 5.74) is 2.82. The lowest BCUT2D eigenvalue weighted by atomic mass is 10.3. The zero-order chi connectivity index (χ0) is 13.4. The highest BCUT2D eigenvalue weighted by molar-refractivity contribution is 6.16. The van der Waals surface area contributed by atoms with Crippen LogP contribution in [-0.2, 0) is 19.5 Å². The average Bonchev–Trinajstić information content (AvgIpc) is 2.94. The topological polar surface area (TPSA) is 48.5 Å². The lowest BCUT2D eigenvalue weighted by molar-refractivity contribution is 0.688. The van der Waals surface area contributed by atoms with Gasteiger partial charge in [-0.2, -0.15) is 0 Å². The molecule has 0 amide bonds. The first kappa shape index (κ1) is 12.2. The molecule has 3 aromatic rings. The standard InChI is InChI=1S/C13H14ClN5/c1-9-5-10-13(16-7-9)19(11(6-14)17-10)8-12-15-3-4-18(12)2/h3-5,7H,6,8H2,1-2H3. The lowest BCUT2D eigenvalue weighted by Crippen LogP contribution is -2.09. The summed E-state index contributed by atoms with van der Waals surface area (Å²) >= 11 is 5.98. The molecule has 0 aliphatic rings. The van der Waals surface area contributed by atoms with Crippen LogP contribution >= 0.6 is 11.6 Å². The highest BCUT2D eigenvalue weighted by Gasteiger charge is 2.13. The van der Waals surface area contributed by atoms with E-state index in [2.05, 4.69) is 15.0 Å². The Morgan fingerprint density at radius 1 is 1.26 bits per heavy atom. The molecule has 0 spiro atoms. The Labute approximate surface area is 115 Å². The summed E-state index contributed by atoms with van der Waals surface area (Å²) in [4.78, 5) is 13.3. The van der Waals surface area contributed by atoms with Crippen molar-refractivity contribution in [1.29, 1.82) is 0 Å². The molecule has 5 nitrogen and oxygen atoms in total. The van der Waals surface area contributed by atoms with Crippen LogP contribution in [0, 0.1) is 6.92 Å². The number of aryl methyl sites for hydroxylation is 2. The van der Waals surface area contributed by atoms with Gasteiger partial charge < -0.3 is 9.13 Å². The van der Waals surface area contributed by atoms with Crippen molar-refractivity contribution in [1.82, 2.24) is 24.1 Å². The second-order valence-corrected chi connectivity index (χ2v) is 4.82. The normalized spacial score (nSPS) is 11.3. The maximum atomic E-state index is 5.98. The molecule has 3 rings (SSSR count). The quantitative estimate of drug-likeness (QED) is 0.689. The number of hydrogen-bond donors (Lipinski definition) is 0. The number of rotatable bonds is 3. The number of aromatic nitrogens is 5. The molecule has 0 fully saturated rings. The first-order chi connectivity index (χ1) is 9.19. The second-order valence-electron chi connectivity index (χ2n) is 4.56. The number of nitrogens with zero attached hydrogens (tertiary/aromatic N) is 5. The molecule has 19 heavy (non-hydrogen) atoms.